The summed E-state index contributed by atoms with van der Waals surface area (Å²) in [5.41, 5.74) is 4.00. The summed E-state index contributed by atoms with van der Waals surface area (Å²) in [5, 5.41) is 0. The molecule has 2 N–H and O–H groups in total. The zero-order valence-corrected chi connectivity index (χ0v) is 15.3. The predicted octanol–water partition coefficient (Wildman–Crippen LogP) is 1.85. The van der Waals surface area contributed by atoms with Gasteiger partial charge in [-0.3, -0.25) is 20.4 Å². The van der Waals surface area contributed by atoms with Crippen molar-refractivity contribution in [1.82, 2.24) is 10.9 Å². The molecule has 0 atom stereocenters. The fourth-order valence-corrected chi connectivity index (χ4v) is 2.16. The minimum Gasteiger partial charge on any atom is -0.493 e. The number of benzene rings is 2. The summed E-state index contributed by atoms with van der Waals surface area (Å²) in [6, 6.07) is 9.72. The fraction of sp³-hybridized carbons (Fsp3) is 0.211. The first kappa shape index (κ1) is 20.7. The normalized spacial score (nSPS) is 9.96. The number of rotatable bonds is 7. The van der Waals surface area contributed by atoms with Crippen molar-refractivity contribution in [3.05, 3.63) is 59.4 Å². The minimum absolute atomic E-state index is 0.160. The lowest BCUT2D eigenvalue weighted by Crippen LogP contribution is -2.43. The van der Waals surface area contributed by atoms with E-state index in [0.29, 0.717) is 18.1 Å². The zero-order chi connectivity index (χ0) is 20.5. The maximum absolute atomic E-state index is 13.5. The van der Waals surface area contributed by atoms with Gasteiger partial charge in [0.15, 0.2) is 18.1 Å². The van der Waals surface area contributed by atoms with Crippen LogP contribution < -0.4 is 20.3 Å². The van der Waals surface area contributed by atoms with Crippen LogP contribution in [0.5, 0.6) is 11.5 Å². The van der Waals surface area contributed by atoms with E-state index in [4.69, 9.17) is 14.2 Å². The third kappa shape index (κ3) is 5.44. The van der Waals surface area contributed by atoms with Gasteiger partial charge in [0, 0.05) is 0 Å². The Balaban J connectivity index is 1.87. The molecule has 0 saturated carbocycles. The maximum atomic E-state index is 13.5. The van der Waals surface area contributed by atoms with Crippen molar-refractivity contribution in [2.24, 2.45) is 0 Å². The Kier molecular flexibility index (Phi) is 7.32. The van der Waals surface area contributed by atoms with Crippen LogP contribution >= 0.6 is 0 Å². The summed E-state index contributed by atoms with van der Waals surface area (Å²) in [6.45, 7) is 1.51. The number of carbonyl (C=O) groups is 3. The van der Waals surface area contributed by atoms with Gasteiger partial charge in [0.2, 0.25) is 0 Å². The van der Waals surface area contributed by atoms with Gasteiger partial charge in [-0.1, -0.05) is 12.1 Å². The van der Waals surface area contributed by atoms with Crippen LogP contribution in [0.1, 0.15) is 27.6 Å². The van der Waals surface area contributed by atoms with E-state index in [-0.39, 0.29) is 11.1 Å². The van der Waals surface area contributed by atoms with Gasteiger partial charge in [-0.05, 0) is 37.3 Å². The third-order valence-electron chi connectivity index (χ3n) is 3.47. The highest BCUT2D eigenvalue weighted by molar-refractivity contribution is 5.96. The highest BCUT2D eigenvalue weighted by Gasteiger charge is 2.15. The molecule has 0 bridgehead atoms. The number of hydrogen-bond donors (Lipinski definition) is 2. The van der Waals surface area contributed by atoms with Crippen molar-refractivity contribution < 1.29 is 33.0 Å². The first-order valence-corrected chi connectivity index (χ1v) is 8.28. The quantitative estimate of drug-likeness (QED) is 0.553. The number of amides is 2. The SMILES string of the molecule is CCOc1cc(C(=O)OCC(=O)NNC(=O)c2ccccc2F)ccc1OC. The summed E-state index contributed by atoms with van der Waals surface area (Å²) < 4.78 is 28.9. The molecular formula is C19H19FN2O6. The van der Waals surface area contributed by atoms with E-state index < -0.39 is 30.2 Å². The van der Waals surface area contributed by atoms with Crippen LogP contribution in [0, 0.1) is 5.82 Å². The summed E-state index contributed by atoms with van der Waals surface area (Å²) in [5.74, 6) is -2.32. The average molecular weight is 390 g/mol. The summed E-state index contributed by atoms with van der Waals surface area (Å²) in [4.78, 5) is 35.6. The molecule has 9 heteroatoms. The second-order valence-electron chi connectivity index (χ2n) is 5.36. The Bertz CT molecular complexity index is 871. The standard InChI is InChI=1S/C19H19FN2O6/c1-3-27-16-10-12(8-9-15(16)26-2)19(25)28-11-17(23)21-22-18(24)13-6-4-5-7-14(13)20/h4-10H,3,11H2,1-2H3,(H,21,23)(H,22,24). The van der Waals surface area contributed by atoms with Crippen molar-refractivity contribution in [1.29, 1.82) is 0 Å². The minimum atomic E-state index is -0.839. The topological polar surface area (TPSA) is 103 Å². The van der Waals surface area contributed by atoms with Crippen LogP contribution in [0.2, 0.25) is 0 Å². The summed E-state index contributed by atoms with van der Waals surface area (Å²) >= 11 is 0. The molecule has 28 heavy (non-hydrogen) atoms. The van der Waals surface area contributed by atoms with Gasteiger partial charge in [-0.25, -0.2) is 9.18 Å². The molecular weight excluding hydrogens is 371 g/mol. The lowest BCUT2D eigenvalue weighted by Gasteiger charge is -2.11. The molecule has 2 amide bonds. The second kappa shape index (κ2) is 9.91. The van der Waals surface area contributed by atoms with Crippen LogP contribution in [0.15, 0.2) is 42.5 Å². The molecule has 0 saturated heterocycles. The molecule has 0 radical (unpaired) electrons. The van der Waals surface area contributed by atoms with Crippen LogP contribution in [0.4, 0.5) is 4.39 Å². The monoisotopic (exact) mass is 390 g/mol. The van der Waals surface area contributed by atoms with Gasteiger partial charge in [-0.15, -0.1) is 0 Å². The molecule has 0 aliphatic carbocycles. The van der Waals surface area contributed by atoms with E-state index in [1.807, 2.05) is 10.9 Å². The van der Waals surface area contributed by atoms with Crippen molar-refractivity contribution >= 4 is 17.8 Å². The molecule has 8 nitrogen and oxygen atoms in total. The van der Waals surface area contributed by atoms with E-state index in [1.54, 1.807) is 6.92 Å². The van der Waals surface area contributed by atoms with Gasteiger partial charge < -0.3 is 14.2 Å². The van der Waals surface area contributed by atoms with Gasteiger partial charge in [-0.2, -0.15) is 0 Å². The number of halogens is 1. The van der Waals surface area contributed by atoms with Crippen LogP contribution in [0.3, 0.4) is 0 Å². The largest absolute Gasteiger partial charge is 0.493 e. The maximum Gasteiger partial charge on any atom is 0.338 e. The first-order chi connectivity index (χ1) is 13.5. The molecule has 0 fully saturated rings. The van der Waals surface area contributed by atoms with Gasteiger partial charge in [0.1, 0.15) is 5.82 Å². The average Bonchev–Trinajstić information content (AvgIpc) is 2.70. The molecule has 0 aliphatic heterocycles. The van der Waals surface area contributed by atoms with Crippen molar-refractivity contribution in [2.45, 2.75) is 6.92 Å². The summed E-state index contributed by atoms with van der Waals surface area (Å²) in [7, 11) is 1.47. The lowest BCUT2D eigenvalue weighted by molar-refractivity contribution is -0.125. The highest BCUT2D eigenvalue weighted by Crippen LogP contribution is 2.28. The van der Waals surface area contributed by atoms with E-state index in [1.165, 1.54) is 43.5 Å². The Morgan fingerprint density at radius 1 is 1.04 bits per heavy atom. The van der Waals surface area contributed by atoms with E-state index in [2.05, 4.69) is 0 Å². The fourth-order valence-electron chi connectivity index (χ4n) is 2.16. The zero-order valence-electron chi connectivity index (χ0n) is 15.3. The van der Waals surface area contributed by atoms with Gasteiger partial charge >= 0.3 is 5.97 Å². The molecule has 0 unspecified atom stereocenters. The molecule has 0 aliphatic rings. The first-order valence-electron chi connectivity index (χ1n) is 8.28. The molecule has 0 spiro atoms. The predicted molar refractivity (Wildman–Crippen MR) is 96.5 cm³/mol. The van der Waals surface area contributed by atoms with E-state index in [9.17, 15) is 18.8 Å². The highest BCUT2D eigenvalue weighted by atomic mass is 19.1. The summed E-state index contributed by atoms with van der Waals surface area (Å²) in [6.07, 6.45) is 0. The molecule has 2 aromatic rings. The number of hydrazine groups is 1. The number of methoxy groups -OCH3 is 1. The lowest BCUT2D eigenvalue weighted by atomic mass is 10.2. The Morgan fingerprint density at radius 2 is 1.79 bits per heavy atom. The number of carbonyl (C=O) groups excluding carboxylic acids is 3. The number of esters is 1. The van der Waals surface area contributed by atoms with Crippen molar-refractivity contribution in [2.75, 3.05) is 20.3 Å². The number of nitrogens with one attached hydrogen (secondary N) is 2. The van der Waals surface area contributed by atoms with Crippen LogP contribution in [0.25, 0.3) is 0 Å². The number of ether oxygens (including phenoxy) is 3. The second-order valence-corrected chi connectivity index (χ2v) is 5.36. The van der Waals surface area contributed by atoms with Gasteiger partial charge in [0.05, 0.1) is 24.8 Å². The van der Waals surface area contributed by atoms with Crippen molar-refractivity contribution in [3.8, 4) is 11.5 Å². The van der Waals surface area contributed by atoms with E-state index >= 15 is 0 Å². The van der Waals surface area contributed by atoms with E-state index in [0.717, 1.165) is 6.07 Å². The van der Waals surface area contributed by atoms with Crippen LogP contribution in [-0.4, -0.2) is 38.1 Å². The molecule has 2 rings (SSSR count). The molecule has 0 aromatic heterocycles. The van der Waals surface area contributed by atoms with Crippen LogP contribution in [-0.2, 0) is 9.53 Å². The Morgan fingerprint density at radius 3 is 2.46 bits per heavy atom. The number of hydrogen-bond acceptors (Lipinski definition) is 6. The van der Waals surface area contributed by atoms with Crippen molar-refractivity contribution in [3.63, 3.8) is 0 Å². The third-order valence-corrected chi connectivity index (χ3v) is 3.47. The molecule has 148 valence electrons. The van der Waals surface area contributed by atoms with Gasteiger partial charge in [0.25, 0.3) is 11.8 Å². The Hall–Kier alpha value is -3.62. The Labute approximate surface area is 160 Å². The molecule has 2 aromatic carbocycles. The smallest absolute Gasteiger partial charge is 0.338 e. The molecule has 0 heterocycles.